The van der Waals surface area contributed by atoms with Gasteiger partial charge in [-0.15, -0.1) is 5.10 Å². The number of benzene rings is 2. The minimum atomic E-state index is -4.71. The molecule has 0 bridgehead atoms. The molecule has 0 aliphatic rings. The molecule has 0 saturated carbocycles. The third kappa shape index (κ3) is 3.66. The lowest BCUT2D eigenvalue weighted by Crippen LogP contribution is -2.17. The molecule has 27 heavy (non-hydrogen) atoms. The lowest BCUT2D eigenvalue weighted by atomic mass is 10.1. The van der Waals surface area contributed by atoms with E-state index in [1.165, 1.54) is 0 Å². The molecule has 2 aromatic carbocycles. The standard InChI is InChI=1S/C16H9F6N3O2/c17-15(18,19)9-3-1-8(2-4-9)13-23-14(27)25(24-13)11-7-10(16(20,21)22)5-6-12(11)26/h1-7,26H,(H,23,24,27). The highest BCUT2D eigenvalue weighted by Gasteiger charge is 2.32. The molecule has 0 radical (unpaired) electrons. The number of phenols is 1. The van der Waals surface area contributed by atoms with Crippen molar-refractivity contribution in [2.45, 2.75) is 12.4 Å². The van der Waals surface area contributed by atoms with Gasteiger partial charge in [-0.05, 0) is 30.3 Å². The van der Waals surface area contributed by atoms with Crippen LogP contribution in [0, 0.1) is 0 Å². The highest BCUT2D eigenvalue weighted by molar-refractivity contribution is 5.56. The average molecular weight is 389 g/mol. The topological polar surface area (TPSA) is 70.9 Å². The first-order chi connectivity index (χ1) is 12.5. The Labute approximate surface area is 146 Å². The van der Waals surface area contributed by atoms with Crippen molar-refractivity contribution in [3.63, 3.8) is 0 Å². The van der Waals surface area contributed by atoms with Crippen molar-refractivity contribution in [3.8, 4) is 22.8 Å². The first-order valence-electron chi connectivity index (χ1n) is 7.24. The zero-order chi connectivity index (χ0) is 20.0. The van der Waals surface area contributed by atoms with Crippen LogP contribution in [-0.4, -0.2) is 19.9 Å². The second-order valence-corrected chi connectivity index (χ2v) is 5.47. The smallest absolute Gasteiger partial charge is 0.416 e. The average Bonchev–Trinajstić information content (AvgIpc) is 2.95. The van der Waals surface area contributed by atoms with E-state index in [0.717, 1.165) is 30.3 Å². The first-order valence-corrected chi connectivity index (χ1v) is 7.24. The normalized spacial score (nSPS) is 12.4. The number of aromatic nitrogens is 3. The molecule has 1 aromatic heterocycles. The summed E-state index contributed by atoms with van der Waals surface area (Å²) in [4.78, 5) is 14.3. The van der Waals surface area contributed by atoms with Crippen LogP contribution >= 0.6 is 0 Å². The summed E-state index contributed by atoms with van der Waals surface area (Å²) >= 11 is 0. The maximum Gasteiger partial charge on any atom is 0.416 e. The van der Waals surface area contributed by atoms with Gasteiger partial charge >= 0.3 is 18.0 Å². The summed E-state index contributed by atoms with van der Waals surface area (Å²) in [6.45, 7) is 0. The molecule has 0 unspecified atom stereocenters. The van der Waals surface area contributed by atoms with Crippen LogP contribution in [-0.2, 0) is 12.4 Å². The summed E-state index contributed by atoms with van der Waals surface area (Å²) in [5.74, 6) is -0.805. The van der Waals surface area contributed by atoms with Gasteiger partial charge in [0.1, 0.15) is 11.4 Å². The molecule has 3 aromatic rings. The van der Waals surface area contributed by atoms with E-state index in [9.17, 15) is 36.2 Å². The third-order valence-electron chi connectivity index (χ3n) is 3.63. The van der Waals surface area contributed by atoms with Gasteiger partial charge in [-0.25, -0.2) is 4.79 Å². The highest BCUT2D eigenvalue weighted by Crippen LogP contribution is 2.33. The molecule has 0 fully saturated rings. The first kappa shape index (κ1) is 18.5. The minimum absolute atomic E-state index is 0.102. The fourth-order valence-corrected chi connectivity index (χ4v) is 2.30. The molecule has 2 N–H and O–H groups in total. The van der Waals surface area contributed by atoms with Crippen LogP contribution in [0.5, 0.6) is 5.75 Å². The number of phenolic OH excluding ortho intramolecular Hbond substituents is 1. The molecule has 0 spiro atoms. The largest absolute Gasteiger partial charge is 0.506 e. The van der Waals surface area contributed by atoms with E-state index in [4.69, 9.17) is 0 Å². The molecule has 1 heterocycles. The molecule has 11 heteroatoms. The Balaban J connectivity index is 2.04. The van der Waals surface area contributed by atoms with Crippen molar-refractivity contribution < 1.29 is 31.4 Å². The van der Waals surface area contributed by atoms with E-state index in [-0.39, 0.29) is 11.4 Å². The van der Waals surface area contributed by atoms with Crippen molar-refractivity contribution in [3.05, 3.63) is 64.1 Å². The lowest BCUT2D eigenvalue weighted by molar-refractivity contribution is -0.138. The lowest BCUT2D eigenvalue weighted by Gasteiger charge is -2.09. The van der Waals surface area contributed by atoms with Gasteiger partial charge in [-0.1, -0.05) is 12.1 Å². The molecule has 5 nitrogen and oxygen atoms in total. The van der Waals surface area contributed by atoms with Crippen LogP contribution in [0.25, 0.3) is 17.1 Å². The number of nitrogens with one attached hydrogen (secondary N) is 1. The van der Waals surface area contributed by atoms with Crippen LogP contribution in [0.4, 0.5) is 26.3 Å². The number of alkyl halides is 6. The number of aromatic amines is 1. The highest BCUT2D eigenvalue weighted by atomic mass is 19.4. The Hall–Kier alpha value is -3.24. The Kier molecular flexibility index (Phi) is 4.25. The number of hydrogen-bond donors (Lipinski definition) is 2. The molecular formula is C16H9F6N3O2. The van der Waals surface area contributed by atoms with E-state index in [1.54, 1.807) is 0 Å². The number of aromatic hydroxyl groups is 1. The van der Waals surface area contributed by atoms with Crippen LogP contribution < -0.4 is 5.69 Å². The number of H-pyrrole nitrogens is 1. The van der Waals surface area contributed by atoms with E-state index in [0.29, 0.717) is 16.8 Å². The summed E-state index contributed by atoms with van der Waals surface area (Å²) < 4.78 is 76.8. The van der Waals surface area contributed by atoms with Gasteiger partial charge in [-0.2, -0.15) is 31.0 Å². The Bertz CT molecular complexity index is 1030. The maximum atomic E-state index is 12.8. The van der Waals surface area contributed by atoms with Gasteiger partial charge in [-0.3, -0.25) is 4.98 Å². The molecule has 0 amide bonds. The number of nitrogens with zero attached hydrogens (tertiary/aromatic N) is 2. The molecule has 0 aliphatic carbocycles. The summed E-state index contributed by atoms with van der Waals surface area (Å²) in [6, 6.07) is 5.58. The molecule has 0 atom stereocenters. The summed E-state index contributed by atoms with van der Waals surface area (Å²) in [5.41, 5.74) is -3.42. The second-order valence-electron chi connectivity index (χ2n) is 5.47. The number of hydrogen-bond acceptors (Lipinski definition) is 3. The van der Waals surface area contributed by atoms with Crippen LogP contribution in [0.15, 0.2) is 47.3 Å². The van der Waals surface area contributed by atoms with Crippen LogP contribution in [0.3, 0.4) is 0 Å². The van der Waals surface area contributed by atoms with Crippen molar-refractivity contribution in [1.82, 2.24) is 14.8 Å². The van der Waals surface area contributed by atoms with Gasteiger partial charge in [0.2, 0.25) is 0 Å². The van der Waals surface area contributed by atoms with Crippen LogP contribution in [0.2, 0.25) is 0 Å². The number of rotatable bonds is 2. The molecule has 142 valence electrons. The fraction of sp³-hybridized carbons (Fsp3) is 0.125. The summed E-state index contributed by atoms with van der Waals surface area (Å²) in [6.07, 6.45) is -9.26. The summed E-state index contributed by atoms with van der Waals surface area (Å²) in [5, 5.41) is 13.5. The van der Waals surface area contributed by atoms with E-state index in [2.05, 4.69) is 10.1 Å². The maximum absolute atomic E-state index is 12.8. The van der Waals surface area contributed by atoms with E-state index >= 15 is 0 Å². The summed E-state index contributed by atoms with van der Waals surface area (Å²) in [7, 11) is 0. The van der Waals surface area contributed by atoms with E-state index in [1.807, 2.05) is 0 Å². The molecule has 3 rings (SSSR count). The fourth-order valence-electron chi connectivity index (χ4n) is 2.30. The SMILES string of the molecule is O=c1[nH]c(-c2ccc(C(F)(F)F)cc2)nn1-c1cc(C(F)(F)F)ccc1O. The van der Waals surface area contributed by atoms with Crippen molar-refractivity contribution in [2.24, 2.45) is 0 Å². The second kappa shape index (κ2) is 6.18. The van der Waals surface area contributed by atoms with Gasteiger partial charge < -0.3 is 5.11 Å². The minimum Gasteiger partial charge on any atom is -0.506 e. The van der Waals surface area contributed by atoms with Crippen molar-refractivity contribution in [2.75, 3.05) is 0 Å². The van der Waals surface area contributed by atoms with E-state index < -0.39 is 40.6 Å². The monoisotopic (exact) mass is 389 g/mol. The van der Waals surface area contributed by atoms with Gasteiger partial charge in [0.15, 0.2) is 5.82 Å². The molecular weight excluding hydrogens is 380 g/mol. The Morgan fingerprint density at radius 3 is 2.00 bits per heavy atom. The third-order valence-corrected chi connectivity index (χ3v) is 3.63. The molecule has 0 saturated heterocycles. The zero-order valence-corrected chi connectivity index (χ0v) is 13.1. The number of halogens is 6. The predicted octanol–water partition coefficient (Wildman–Crippen LogP) is 3.97. The molecule has 0 aliphatic heterocycles. The Morgan fingerprint density at radius 2 is 1.44 bits per heavy atom. The van der Waals surface area contributed by atoms with Gasteiger partial charge in [0, 0.05) is 5.56 Å². The van der Waals surface area contributed by atoms with Crippen molar-refractivity contribution in [1.29, 1.82) is 0 Å². The van der Waals surface area contributed by atoms with Crippen molar-refractivity contribution >= 4 is 0 Å². The quantitative estimate of drug-likeness (QED) is 0.652. The predicted molar refractivity (Wildman–Crippen MR) is 81.3 cm³/mol. The zero-order valence-electron chi connectivity index (χ0n) is 13.1. The van der Waals surface area contributed by atoms with Gasteiger partial charge in [0.05, 0.1) is 11.1 Å². The Morgan fingerprint density at radius 1 is 0.889 bits per heavy atom. The van der Waals surface area contributed by atoms with Gasteiger partial charge in [0.25, 0.3) is 0 Å². The van der Waals surface area contributed by atoms with Crippen LogP contribution in [0.1, 0.15) is 11.1 Å².